The van der Waals surface area contributed by atoms with Gasteiger partial charge in [-0.1, -0.05) is 175 Å². The van der Waals surface area contributed by atoms with E-state index in [4.69, 9.17) is 9.97 Å². The van der Waals surface area contributed by atoms with Crippen LogP contribution in [0, 0.1) is 0 Å². The normalized spacial score (nSPS) is 13.0. The van der Waals surface area contributed by atoms with Gasteiger partial charge in [0, 0.05) is 76.4 Å². The molecule has 0 saturated carbocycles. The number of rotatable bonds is 4. The second kappa shape index (κ2) is 16.6. The van der Waals surface area contributed by atoms with Crippen LogP contribution in [0.2, 0.25) is 0 Å². The van der Waals surface area contributed by atoms with E-state index in [1.807, 2.05) is 0 Å². The zero-order chi connectivity index (χ0) is 57.2. The van der Waals surface area contributed by atoms with E-state index in [0.717, 1.165) is 72.1 Å². The van der Waals surface area contributed by atoms with Crippen LogP contribution < -0.4 is 0 Å². The van der Waals surface area contributed by atoms with Gasteiger partial charge in [-0.2, -0.15) is 0 Å². The Bertz CT molecular complexity index is 6140. The third-order valence-corrected chi connectivity index (χ3v) is 19.2. The highest BCUT2D eigenvalue weighted by molar-refractivity contribution is 6.34. The number of fused-ring (bicyclic) bond motifs is 22. The molecule has 7 heterocycles. The van der Waals surface area contributed by atoms with Gasteiger partial charge in [0.2, 0.25) is 0 Å². The molecule has 0 aliphatic heterocycles. The van der Waals surface area contributed by atoms with Crippen molar-refractivity contribution in [1.29, 1.82) is 0 Å². The average Bonchev–Trinajstić information content (AvgIpc) is 1.52. The van der Waals surface area contributed by atoms with Crippen molar-refractivity contribution in [2.75, 3.05) is 0 Å². The first kappa shape index (κ1) is 47.9. The third-order valence-electron chi connectivity index (χ3n) is 19.2. The summed E-state index contributed by atoms with van der Waals surface area (Å²) in [6.45, 7) is 14.0. The Morgan fingerprint density at radius 2 is 0.698 bits per heavy atom. The number of para-hydroxylation sites is 4. The molecule has 0 aliphatic carbocycles. The number of benzene rings is 12. The second-order valence-electron chi connectivity index (χ2n) is 26.2. The molecule has 19 rings (SSSR count). The van der Waals surface area contributed by atoms with E-state index in [-0.39, 0.29) is 10.8 Å². The molecule has 6 heteroatoms. The Morgan fingerprint density at radius 3 is 1.24 bits per heavy atom. The van der Waals surface area contributed by atoms with Crippen LogP contribution in [0.1, 0.15) is 52.7 Å². The van der Waals surface area contributed by atoms with Crippen molar-refractivity contribution >= 4 is 142 Å². The molecule has 0 spiro atoms. The average molecular weight is 1100 g/mol. The highest BCUT2D eigenvalue weighted by atomic mass is 15.1. The molecule has 0 aliphatic rings. The van der Waals surface area contributed by atoms with E-state index in [1.165, 1.54) is 115 Å². The second-order valence-corrected chi connectivity index (χ2v) is 26.2. The summed E-state index contributed by atoms with van der Waals surface area (Å²) in [6.07, 6.45) is 0. The Hall–Kier alpha value is -10.6. The number of hydrogen-bond donors (Lipinski definition) is 0. The van der Waals surface area contributed by atoms with Gasteiger partial charge in [-0.3, -0.25) is 8.80 Å². The fourth-order valence-electron chi connectivity index (χ4n) is 15.2. The first-order valence-corrected chi connectivity index (χ1v) is 30.1. The summed E-state index contributed by atoms with van der Waals surface area (Å²) in [5.74, 6) is 0. The van der Waals surface area contributed by atoms with Crippen LogP contribution in [0.5, 0.6) is 0 Å². The Labute approximate surface area is 494 Å². The smallest absolute Gasteiger partial charge is 0.165 e. The van der Waals surface area contributed by atoms with Crippen LogP contribution in [-0.2, 0) is 10.8 Å². The predicted molar refractivity (Wildman–Crippen MR) is 363 cm³/mol. The fraction of sp³-hybridized carbons (Fsp3) is 0.100. The minimum Gasteiger partial charge on any atom is -0.309 e. The molecule has 6 nitrogen and oxygen atoms in total. The molecule has 0 unspecified atom stereocenters. The highest BCUT2D eigenvalue weighted by Gasteiger charge is 2.31. The van der Waals surface area contributed by atoms with Crippen molar-refractivity contribution in [2.24, 2.45) is 0 Å². The van der Waals surface area contributed by atoms with Gasteiger partial charge in [-0.25, -0.2) is 9.97 Å². The van der Waals surface area contributed by atoms with Gasteiger partial charge in [-0.15, -0.1) is 0 Å². The van der Waals surface area contributed by atoms with E-state index in [9.17, 15) is 0 Å². The first-order chi connectivity index (χ1) is 41.9. The van der Waals surface area contributed by atoms with Crippen molar-refractivity contribution in [3.05, 3.63) is 242 Å². The standard InChI is InChI=1S/C80H56N6/c1-79(2,3)49-41-58(48-34-36-68-60(39-48)56-30-18-20-32-66(56)84(68)52-25-11-8-12-26-52)73-61(42-49)70-54-28-16-14-22-46(54)40-63-71-77(85(73)76(63)70)82-72-64-44-50(80(4,5)6)43-62-69-53-27-15-13-21-45(53)37-57(75(69)86(74(62)64)78(72)81-71)47-33-35-67-59(38-47)55-29-17-19-31-65(55)83(67)51-23-9-7-10-24-51/h7-44H,1-6H3. The summed E-state index contributed by atoms with van der Waals surface area (Å²) in [5, 5.41) is 16.9. The zero-order valence-corrected chi connectivity index (χ0v) is 48.6. The Morgan fingerprint density at radius 1 is 0.291 bits per heavy atom. The fourth-order valence-corrected chi connectivity index (χ4v) is 15.2. The zero-order valence-electron chi connectivity index (χ0n) is 48.6. The number of hydrogen-bond acceptors (Lipinski definition) is 2. The Kier molecular flexibility index (Phi) is 9.25. The molecule has 0 radical (unpaired) electrons. The van der Waals surface area contributed by atoms with Crippen molar-refractivity contribution < 1.29 is 0 Å². The number of nitrogens with zero attached hydrogens (tertiary/aromatic N) is 6. The van der Waals surface area contributed by atoms with Crippen LogP contribution >= 0.6 is 0 Å². The third kappa shape index (κ3) is 6.29. The van der Waals surface area contributed by atoms with Crippen molar-refractivity contribution in [3.63, 3.8) is 0 Å². The highest BCUT2D eigenvalue weighted by Crippen LogP contribution is 2.51. The van der Waals surface area contributed by atoms with Crippen molar-refractivity contribution in [2.45, 2.75) is 52.4 Å². The van der Waals surface area contributed by atoms with Crippen LogP contribution in [0.15, 0.2) is 231 Å². The lowest BCUT2D eigenvalue weighted by molar-refractivity contribution is 0.591. The van der Waals surface area contributed by atoms with Gasteiger partial charge < -0.3 is 9.13 Å². The van der Waals surface area contributed by atoms with Crippen LogP contribution in [0.25, 0.3) is 175 Å². The molecular weight excluding hydrogens is 1040 g/mol. The molecule has 406 valence electrons. The molecule has 0 N–H and O–H groups in total. The summed E-state index contributed by atoms with van der Waals surface area (Å²) in [4.78, 5) is 12.2. The largest absolute Gasteiger partial charge is 0.309 e. The monoisotopic (exact) mass is 1100 g/mol. The quantitative estimate of drug-likeness (QED) is 0.176. The van der Waals surface area contributed by atoms with E-state index in [1.54, 1.807) is 0 Å². The van der Waals surface area contributed by atoms with Gasteiger partial charge in [0.05, 0.1) is 44.1 Å². The topological polar surface area (TPSA) is 44.5 Å². The molecular formula is C80H56N6. The summed E-state index contributed by atoms with van der Waals surface area (Å²) >= 11 is 0. The first-order valence-electron chi connectivity index (χ1n) is 30.1. The molecule has 0 atom stereocenters. The molecule has 0 saturated heterocycles. The maximum absolute atomic E-state index is 6.11. The van der Waals surface area contributed by atoms with Gasteiger partial charge in [0.25, 0.3) is 0 Å². The molecule has 12 aromatic carbocycles. The minimum atomic E-state index is -0.162. The molecule has 19 aromatic rings. The van der Waals surface area contributed by atoms with Crippen LogP contribution in [-0.4, -0.2) is 27.9 Å². The Balaban J connectivity index is 0.963. The maximum atomic E-state index is 6.11. The molecule has 86 heavy (non-hydrogen) atoms. The van der Waals surface area contributed by atoms with Crippen LogP contribution in [0.3, 0.4) is 0 Å². The summed E-state index contributed by atoms with van der Waals surface area (Å²) < 4.78 is 9.82. The lowest BCUT2D eigenvalue weighted by atomic mass is 9.83. The van der Waals surface area contributed by atoms with Crippen LogP contribution in [0.4, 0.5) is 0 Å². The maximum Gasteiger partial charge on any atom is 0.165 e. The van der Waals surface area contributed by atoms with E-state index in [0.29, 0.717) is 0 Å². The van der Waals surface area contributed by atoms with Gasteiger partial charge in [0.1, 0.15) is 11.0 Å². The predicted octanol–water partition coefficient (Wildman–Crippen LogP) is 21.2. The molecule has 0 amide bonds. The van der Waals surface area contributed by atoms with Gasteiger partial charge >= 0.3 is 0 Å². The minimum absolute atomic E-state index is 0.141. The van der Waals surface area contributed by atoms with Gasteiger partial charge in [-0.05, 0) is 152 Å². The summed E-state index contributed by atoms with van der Waals surface area (Å²) in [7, 11) is 0. The van der Waals surface area contributed by atoms with E-state index >= 15 is 0 Å². The SMILES string of the molecule is CC(C)(C)c1cc(-c2ccc3c(c2)c2ccccc2n3-c2ccccc2)c2c(c1)c1c3ccccc3cc3c4nc5c(nc4n2c31)c1cc(C(C)(C)C)cc2c3c4ccccc4cc(-c4ccc6c(c4)c4ccccc4n6-c4ccccc4)c3n5c12. The van der Waals surface area contributed by atoms with E-state index < -0.39 is 0 Å². The molecule has 0 bridgehead atoms. The van der Waals surface area contributed by atoms with Crippen molar-refractivity contribution in [1.82, 2.24) is 27.9 Å². The lowest BCUT2D eigenvalue weighted by Gasteiger charge is -2.21. The summed E-state index contributed by atoms with van der Waals surface area (Å²) in [5.41, 5.74) is 22.1. The van der Waals surface area contributed by atoms with Crippen molar-refractivity contribution in [3.8, 4) is 33.6 Å². The number of aromatic nitrogens is 6. The molecule has 0 fully saturated rings. The van der Waals surface area contributed by atoms with E-state index in [2.05, 4.69) is 290 Å². The molecule has 7 aromatic heterocycles. The lowest BCUT2D eigenvalue weighted by Crippen LogP contribution is -2.11. The van der Waals surface area contributed by atoms with Gasteiger partial charge in [0.15, 0.2) is 11.3 Å². The summed E-state index contributed by atoms with van der Waals surface area (Å²) in [6, 6.07) is 86.0.